The number of fused-ring (bicyclic) bond motifs is 2. The molecule has 7 nitrogen and oxygen atoms in total. The van der Waals surface area contributed by atoms with Crippen LogP contribution in [0.4, 0.5) is 0 Å². The number of rotatable bonds is 5. The van der Waals surface area contributed by atoms with Crippen LogP contribution in [0.2, 0.25) is 0 Å². The van der Waals surface area contributed by atoms with Gasteiger partial charge >= 0.3 is 0 Å². The zero-order chi connectivity index (χ0) is 24.7. The van der Waals surface area contributed by atoms with Crippen molar-refractivity contribution in [1.82, 2.24) is 4.57 Å². The van der Waals surface area contributed by atoms with Crippen LogP contribution in [0.15, 0.2) is 101 Å². The molecule has 5 aromatic rings. The smallest absolute Gasteiger partial charge is 0.251 e. The Labute approximate surface area is 201 Å². The van der Waals surface area contributed by atoms with Gasteiger partial charge in [-0.3, -0.25) is 10.2 Å². The number of primary sulfonamides is 1. The first-order chi connectivity index (χ1) is 16.7. The maximum absolute atomic E-state index is 12.8. The van der Waals surface area contributed by atoms with Crippen molar-refractivity contribution in [1.29, 1.82) is 5.41 Å². The van der Waals surface area contributed by atoms with E-state index in [1.165, 1.54) is 12.1 Å². The van der Waals surface area contributed by atoms with Crippen LogP contribution in [-0.4, -0.2) is 18.8 Å². The van der Waals surface area contributed by atoms with Gasteiger partial charge in [0.1, 0.15) is 5.84 Å². The monoisotopic (exact) mass is 482 g/mol. The Morgan fingerprint density at radius 2 is 1.57 bits per heavy atom. The average molecular weight is 483 g/mol. The van der Waals surface area contributed by atoms with Crippen molar-refractivity contribution in [3.63, 3.8) is 0 Å². The van der Waals surface area contributed by atoms with Gasteiger partial charge in [0.05, 0.1) is 17.0 Å². The number of nitrogen functional groups attached to an aromatic ring is 1. The molecule has 0 aliphatic rings. The minimum atomic E-state index is -3.89. The number of amidine groups is 1. The summed E-state index contributed by atoms with van der Waals surface area (Å²) in [6.07, 6.45) is 0. The fourth-order valence-corrected chi connectivity index (χ4v) is 5.09. The summed E-state index contributed by atoms with van der Waals surface area (Å²) in [7, 11) is -3.89. The molecule has 1 heterocycles. The van der Waals surface area contributed by atoms with Crippen LogP contribution in [0.5, 0.6) is 0 Å². The molecule has 35 heavy (non-hydrogen) atoms. The molecule has 0 aliphatic heterocycles. The van der Waals surface area contributed by atoms with Gasteiger partial charge in [-0.05, 0) is 63.7 Å². The number of sulfonamides is 1. The molecule has 0 radical (unpaired) electrons. The van der Waals surface area contributed by atoms with Gasteiger partial charge in [0.15, 0.2) is 0 Å². The molecule has 1 aromatic heterocycles. The summed E-state index contributed by atoms with van der Waals surface area (Å²) in [6, 6.07) is 26.8. The van der Waals surface area contributed by atoms with Gasteiger partial charge in [-0.2, -0.15) is 0 Å². The Balaban J connectivity index is 1.59. The SMILES string of the molecule is N=C(N)c1ccc2ccc(Cn3c(=O)ccc4cc(-c5ccccc5S(N)(=O)=O)ccc43)cc2c1. The van der Waals surface area contributed by atoms with Crippen molar-refractivity contribution in [2.75, 3.05) is 0 Å². The van der Waals surface area contributed by atoms with Crippen molar-refractivity contribution < 1.29 is 8.42 Å². The Morgan fingerprint density at radius 1 is 0.829 bits per heavy atom. The van der Waals surface area contributed by atoms with E-state index in [-0.39, 0.29) is 16.3 Å². The lowest BCUT2D eigenvalue weighted by Gasteiger charge is -2.13. The molecular weight excluding hydrogens is 460 g/mol. The van der Waals surface area contributed by atoms with Gasteiger partial charge < -0.3 is 10.3 Å². The molecule has 0 saturated carbocycles. The molecule has 5 N–H and O–H groups in total. The van der Waals surface area contributed by atoms with E-state index < -0.39 is 10.0 Å². The standard InChI is InChI=1S/C27H22N4O3S/c28-27(29)21-8-7-18-6-5-17(13-22(18)15-21)16-31-24-11-9-19(14-20(24)10-12-26(31)32)23-3-1-2-4-25(23)35(30,33)34/h1-15H,16H2,(H3,28,29)(H2,30,33,34). The zero-order valence-electron chi connectivity index (χ0n) is 18.6. The summed E-state index contributed by atoms with van der Waals surface area (Å²) >= 11 is 0. The van der Waals surface area contributed by atoms with Crippen molar-refractivity contribution in [3.05, 3.63) is 112 Å². The maximum atomic E-state index is 12.8. The van der Waals surface area contributed by atoms with Gasteiger partial charge in [0, 0.05) is 17.2 Å². The van der Waals surface area contributed by atoms with E-state index in [9.17, 15) is 13.2 Å². The van der Waals surface area contributed by atoms with Crippen LogP contribution in [0.1, 0.15) is 11.1 Å². The first kappa shape index (κ1) is 22.5. The molecule has 0 spiro atoms. The lowest BCUT2D eigenvalue weighted by atomic mass is 10.0. The number of nitrogens with one attached hydrogen (secondary N) is 1. The molecule has 4 aromatic carbocycles. The Hall–Kier alpha value is -4.27. The highest BCUT2D eigenvalue weighted by Gasteiger charge is 2.15. The lowest BCUT2D eigenvalue weighted by Crippen LogP contribution is -2.20. The van der Waals surface area contributed by atoms with Gasteiger partial charge in [-0.15, -0.1) is 0 Å². The van der Waals surface area contributed by atoms with Crippen LogP contribution < -0.4 is 16.4 Å². The normalized spacial score (nSPS) is 11.7. The third-order valence-corrected chi connectivity index (χ3v) is 7.02. The Morgan fingerprint density at radius 3 is 2.34 bits per heavy atom. The summed E-state index contributed by atoms with van der Waals surface area (Å²) < 4.78 is 25.8. The summed E-state index contributed by atoms with van der Waals surface area (Å²) in [6.45, 7) is 0.351. The summed E-state index contributed by atoms with van der Waals surface area (Å²) in [5, 5.41) is 15.8. The number of benzene rings is 4. The summed E-state index contributed by atoms with van der Waals surface area (Å²) in [4.78, 5) is 12.9. The van der Waals surface area contributed by atoms with E-state index in [1.807, 2.05) is 48.5 Å². The van der Waals surface area contributed by atoms with Crippen LogP contribution in [0, 0.1) is 5.41 Å². The Kier molecular flexibility index (Phi) is 5.47. The predicted molar refractivity (Wildman–Crippen MR) is 139 cm³/mol. The Bertz CT molecular complexity index is 1810. The molecule has 174 valence electrons. The predicted octanol–water partition coefficient (Wildman–Crippen LogP) is 3.80. The average Bonchev–Trinajstić information content (AvgIpc) is 2.84. The molecule has 0 saturated heterocycles. The molecule has 8 heteroatoms. The highest BCUT2D eigenvalue weighted by molar-refractivity contribution is 7.89. The molecule has 0 amide bonds. The minimum Gasteiger partial charge on any atom is -0.384 e. The number of aromatic nitrogens is 1. The minimum absolute atomic E-state index is 0.00221. The molecule has 0 atom stereocenters. The second-order valence-corrected chi connectivity index (χ2v) is 9.91. The van der Waals surface area contributed by atoms with Gasteiger partial charge in [-0.1, -0.05) is 48.5 Å². The number of pyridine rings is 1. The zero-order valence-corrected chi connectivity index (χ0v) is 19.4. The molecule has 0 bridgehead atoms. The maximum Gasteiger partial charge on any atom is 0.251 e. The van der Waals surface area contributed by atoms with E-state index in [2.05, 4.69) is 0 Å². The fraction of sp³-hybridized carbons (Fsp3) is 0.0370. The molecule has 0 unspecified atom stereocenters. The van der Waals surface area contributed by atoms with Gasteiger partial charge in [0.2, 0.25) is 10.0 Å². The largest absolute Gasteiger partial charge is 0.384 e. The summed E-state index contributed by atoms with van der Waals surface area (Å²) in [5.74, 6) is 0.00221. The van der Waals surface area contributed by atoms with E-state index >= 15 is 0 Å². The highest BCUT2D eigenvalue weighted by atomic mass is 32.2. The van der Waals surface area contributed by atoms with Crippen LogP contribution in [0.25, 0.3) is 32.8 Å². The van der Waals surface area contributed by atoms with Crippen LogP contribution in [0.3, 0.4) is 0 Å². The van der Waals surface area contributed by atoms with E-state index in [0.29, 0.717) is 23.2 Å². The van der Waals surface area contributed by atoms with Gasteiger partial charge in [0.25, 0.3) is 5.56 Å². The second kappa shape index (κ2) is 8.50. The van der Waals surface area contributed by atoms with Crippen molar-refractivity contribution in [2.24, 2.45) is 10.9 Å². The van der Waals surface area contributed by atoms with E-state index in [4.69, 9.17) is 16.3 Å². The third-order valence-electron chi connectivity index (χ3n) is 6.05. The quantitative estimate of drug-likeness (QED) is 0.260. The van der Waals surface area contributed by atoms with Gasteiger partial charge in [-0.25, -0.2) is 13.6 Å². The topological polar surface area (TPSA) is 132 Å². The van der Waals surface area contributed by atoms with E-state index in [1.54, 1.807) is 34.9 Å². The van der Waals surface area contributed by atoms with Crippen molar-refractivity contribution in [3.8, 4) is 11.1 Å². The lowest BCUT2D eigenvalue weighted by molar-refractivity contribution is 0.598. The van der Waals surface area contributed by atoms with Crippen molar-refractivity contribution in [2.45, 2.75) is 11.4 Å². The van der Waals surface area contributed by atoms with Crippen LogP contribution >= 0.6 is 0 Å². The molecule has 0 fully saturated rings. The summed E-state index contributed by atoms with van der Waals surface area (Å²) in [5.41, 5.74) is 8.98. The second-order valence-electron chi connectivity index (χ2n) is 8.38. The van der Waals surface area contributed by atoms with Crippen LogP contribution in [-0.2, 0) is 16.6 Å². The highest BCUT2D eigenvalue weighted by Crippen LogP contribution is 2.29. The first-order valence-corrected chi connectivity index (χ1v) is 12.4. The van der Waals surface area contributed by atoms with E-state index in [0.717, 1.165) is 27.2 Å². The number of hydrogen-bond acceptors (Lipinski definition) is 4. The van der Waals surface area contributed by atoms with Crippen molar-refractivity contribution >= 4 is 37.5 Å². The molecule has 5 rings (SSSR count). The molecular formula is C27H22N4O3S. The number of nitrogens with two attached hydrogens (primary N) is 2. The third kappa shape index (κ3) is 4.32. The number of nitrogens with zero attached hydrogens (tertiary/aromatic N) is 1. The fourth-order valence-electron chi connectivity index (χ4n) is 4.33. The number of hydrogen-bond donors (Lipinski definition) is 3. The first-order valence-electron chi connectivity index (χ1n) is 10.8. The molecule has 0 aliphatic carbocycles.